The van der Waals surface area contributed by atoms with Crippen molar-refractivity contribution in [1.82, 2.24) is 9.97 Å². The van der Waals surface area contributed by atoms with E-state index in [4.69, 9.17) is 11.5 Å². The zero-order chi connectivity index (χ0) is 8.55. The van der Waals surface area contributed by atoms with Crippen molar-refractivity contribution in [3.8, 4) is 0 Å². The average molecular weight is 160 g/mol. The molecular formula is C8H8N4. The van der Waals surface area contributed by atoms with Gasteiger partial charge in [0.15, 0.2) is 0 Å². The SMILES string of the molecule is Nc1ncnc2c(N)cccc12. The van der Waals surface area contributed by atoms with Gasteiger partial charge in [-0.2, -0.15) is 0 Å². The number of fused-ring (bicyclic) bond motifs is 1. The lowest BCUT2D eigenvalue weighted by Gasteiger charge is -2.01. The molecule has 0 amide bonds. The number of rotatable bonds is 0. The summed E-state index contributed by atoms with van der Waals surface area (Å²) in [7, 11) is 0. The van der Waals surface area contributed by atoms with Crippen LogP contribution in [0.5, 0.6) is 0 Å². The minimum absolute atomic E-state index is 0.465. The molecule has 4 N–H and O–H groups in total. The van der Waals surface area contributed by atoms with Crippen molar-refractivity contribution in [1.29, 1.82) is 0 Å². The number of benzene rings is 1. The molecule has 4 heteroatoms. The third-order valence-electron chi connectivity index (χ3n) is 1.73. The van der Waals surface area contributed by atoms with Crippen molar-refractivity contribution in [2.45, 2.75) is 0 Å². The molecule has 0 radical (unpaired) electrons. The van der Waals surface area contributed by atoms with Crippen LogP contribution < -0.4 is 11.5 Å². The van der Waals surface area contributed by atoms with Crippen molar-refractivity contribution in [3.63, 3.8) is 0 Å². The van der Waals surface area contributed by atoms with E-state index in [1.165, 1.54) is 6.33 Å². The number of nitrogen functional groups attached to an aromatic ring is 2. The van der Waals surface area contributed by atoms with Crippen LogP contribution in [0.15, 0.2) is 24.5 Å². The van der Waals surface area contributed by atoms with Crippen molar-refractivity contribution in [2.75, 3.05) is 11.5 Å². The van der Waals surface area contributed by atoms with Gasteiger partial charge in [0.1, 0.15) is 12.1 Å². The molecule has 0 bridgehead atoms. The largest absolute Gasteiger partial charge is 0.397 e. The van der Waals surface area contributed by atoms with Gasteiger partial charge < -0.3 is 11.5 Å². The van der Waals surface area contributed by atoms with E-state index < -0.39 is 0 Å². The second kappa shape index (κ2) is 2.34. The molecule has 0 fully saturated rings. The van der Waals surface area contributed by atoms with E-state index >= 15 is 0 Å². The molecule has 0 atom stereocenters. The first-order valence-electron chi connectivity index (χ1n) is 3.53. The molecule has 1 heterocycles. The van der Waals surface area contributed by atoms with Crippen molar-refractivity contribution in [2.24, 2.45) is 0 Å². The topological polar surface area (TPSA) is 77.8 Å². The lowest BCUT2D eigenvalue weighted by Crippen LogP contribution is -1.95. The molecule has 2 rings (SSSR count). The van der Waals surface area contributed by atoms with E-state index in [2.05, 4.69) is 9.97 Å². The summed E-state index contributed by atoms with van der Waals surface area (Å²) in [6.45, 7) is 0. The number of hydrogen-bond acceptors (Lipinski definition) is 4. The summed E-state index contributed by atoms with van der Waals surface area (Å²) in [6, 6.07) is 5.47. The molecule has 0 unspecified atom stereocenters. The second-order valence-electron chi connectivity index (χ2n) is 2.50. The van der Waals surface area contributed by atoms with Crippen LogP contribution in [0.4, 0.5) is 11.5 Å². The first-order chi connectivity index (χ1) is 5.79. The van der Waals surface area contributed by atoms with Crippen LogP contribution >= 0.6 is 0 Å². The Labute approximate surface area is 69.2 Å². The molecule has 0 aliphatic rings. The molecule has 2 aromatic rings. The molecular weight excluding hydrogens is 152 g/mol. The molecule has 0 aliphatic heterocycles. The van der Waals surface area contributed by atoms with E-state index in [0.717, 1.165) is 5.39 Å². The Hall–Kier alpha value is -1.84. The number of para-hydroxylation sites is 1. The monoisotopic (exact) mass is 160 g/mol. The van der Waals surface area contributed by atoms with Gasteiger partial charge in [0.2, 0.25) is 0 Å². The third-order valence-corrected chi connectivity index (χ3v) is 1.73. The van der Waals surface area contributed by atoms with Gasteiger partial charge in [0, 0.05) is 5.39 Å². The van der Waals surface area contributed by atoms with Crippen molar-refractivity contribution < 1.29 is 0 Å². The summed E-state index contributed by atoms with van der Waals surface area (Å²) in [6.07, 6.45) is 1.41. The molecule has 4 nitrogen and oxygen atoms in total. The normalized spacial score (nSPS) is 10.3. The fourth-order valence-corrected chi connectivity index (χ4v) is 1.13. The smallest absolute Gasteiger partial charge is 0.134 e. The average Bonchev–Trinajstić information content (AvgIpc) is 2.07. The lowest BCUT2D eigenvalue weighted by molar-refractivity contribution is 1.23. The summed E-state index contributed by atoms with van der Waals surface area (Å²) in [5, 5.41) is 0.803. The second-order valence-corrected chi connectivity index (χ2v) is 2.50. The third kappa shape index (κ3) is 0.852. The zero-order valence-corrected chi connectivity index (χ0v) is 6.36. The van der Waals surface area contributed by atoms with E-state index in [0.29, 0.717) is 17.0 Å². The van der Waals surface area contributed by atoms with Gasteiger partial charge in [-0.1, -0.05) is 6.07 Å². The number of hydrogen-bond donors (Lipinski definition) is 2. The van der Waals surface area contributed by atoms with Crippen LogP contribution in [0.1, 0.15) is 0 Å². The Kier molecular flexibility index (Phi) is 1.33. The molecule has 0 saturated carbocycles. The van der Waals surface area contributed by atoms with E-state index in [1.54, 1.807) is 6.07 Å². The van der Waals surface area contributed by atoms with Crippen LogP contribution in [0, 0.1) is 0 Å². The minimum atomic E-state index is 0.465. The maximum Gasteiger partial charge on any atom is 0.134 e. The van der Waals surface area contributed by atoms with Gasteiger partial charge in [-0.15, -0.1) is 0 Å². The van der Waals surface area contributed by atoms with Crippen molar-refractivity contribution in [3.05, 3.63) is 24.5 Å². The molecule has 1 aromatic carbocycles. The number of aromatic nitrogens is 2. The molecule has 60 valence electrons. The highest BCUT2D eigenvalue weighted by molar-refractivity contribution is 5.95. The zero-order valence-electron chi connectivity index (χ0n) is 6.36. The highest BCUT2D eigenvalue weighted by atomic mass is 14.9. The summed E-state index contributed by atoms with van der Waals surface area (Å²) in [4.78, 5) is 7.88. The minimum Gasteiger partial charge on any atom is -0.397 e. The summed E-state index contributed by atoms with van der Waals surface area (Å²) in [5.41, 5.74) is 12.6. The van der Waals surface area contributed by atoms with Crippen LogP contribution in [-0.2, 0) is 0 Å². The Morgan fingerprint density at radius 3 is 2.67 bits per heavy atom. The maximum absolute atomic E-state index is 5.68. The first-order valence-corrected chi connectivity index (χ1v) is 3.53. The first kappa shape index (κ1) is 6.84. The van der Waals surface area contributed by atoms with Gasteiger partial charge in [-0.25, -0.2) is 9.97 Å². The van der Waals surface area contributed by atoms with Crippen LogP contribution in [0.3, 0.4) is 0 Å². The van der Waals surface area contributed by atoms with E-state index in [1.807, 2.05) is 12.1 Å². The number of nitrogens with zero attached hydrogens (tertiary/aromatic N) is 2. The van der Waals surface area contributed by atoms with Gasteiger partial charge in [-0.3, -0.25) is 0 Å². The highest BCUT2D eigenvalue weighted by Crippen LogP contribution is 2.20. The quantitative estimate of drug-likeness (QED) is 0.558. The standard InChI is InChI=1S/C8H8N4/c9-6-3-1-2-5-7(6)11-4-12-8(5)10/h1-4H,9H2,(H2,10,11,12). The molecule has 0 spiro atoms. The Balaban J connectivity index is 2.94. The molecule has 12 heavy (non-hydrogen) atoms. The fraction of sp³-hybridized carbons (Fsp3) is 0. The lowest BCUT2D eigenvalue weighted by atomic mass is 10.2. The summed E-state index contributed by atoms with van der Waals surface area (Å²) in [5.74, 6) is 0.465. The Morgan fingerprint density at radius 1 is 1.08 bits per heavy atom. The van der Waals surface area contributed by atoms with Crippen LogP contribution in [0.2, 0.25) is 0 Å². The predicted octanol–water partition coefficient (Wildman–Crippen LogP) is 0.794. The summed E-state index contributed by atoms with van der Waals surface area (Å²) < 4.78 is 0. The highest BCUT2D eigenvalue weighted by Gasteiger charge is 2.00. The molecule has 0 saturated heterocycles. The maximum atomic E-state index is 5.68. The predicted molar refractivity (Wildman–Crippen MR) is 48.4 cm³/mol. The number of nitrogens with two attached hydrogens (primary N) is 2. The van der Waals surface area contributed by atoms with Gasteiger partial charge in [-0.05, 0) is 12.1 Å². The van der Waals surface area contributed by atoms with Crippen molar-refractivity contribution >= 4 is 22.4 Å². The molecule has 1 aromatic heterocycles. The molecule has 0 aliphatic carbocycles. The fourth-order valence-electron chi connectivity index (χ4n) is 1.13. The van der Waals surface area contributed by atoms with E-state index in [-0.39, 0.29) is 0 Å². The summed E-state index contributed by atoms with van der Waals surface area (Å²) >= 11 is 0. The van der Waals surface area contributed by atoms with Gasteiger partial charge in [0.25, 0.3) is 0 Å². The van der Waals surface area contributed by atoms with Gasteiger partial charge >= 0.3 is 0 Å². The Bertz CT molecular complexity index is 383. The van der Waals surface area contributed by atoms with E-state index in [9.17, 15) is 0 Å². The van der Waals surface area contributed by atoms with Gasteiger partial charge in [0.05, 0.1) is 11.2 Å². The van der Waals surface area contributed by atoms with Crippen LogP contribution in [0.25, 0.3) is 10.9 Å². The Morgan fingerprint density at radius 2 is 1.92 bits per heavy atom. The van der Waals surface area contributed by atoms with Crippen LogP contribution in [-0.4, -0.2) is 9.97 Å². The number of anilines is 2.